The molecule has 0 aromatic heterocycles. The van der Waals surface area contributed by atoms with Crippen LogP contribution >= 0.6 is 0 Å². The highest BCUT2D eigenvalue weighted by Crippen LogP contribution is 2.18. The monoisotopic (exact) mass is 194 g/mol. The Balaban J connectivity index is 2.73. The third-order valence-corrected chi connectivity index (χ3v) is 1.84. The van der Waals surface area contributed by atoms with Crippen LogP contribution in [0.25, 0.3) is 5.57 Å². The minimum absolute atomic E-state index is 0.455. The highest BCUT2D eigenvalue weighted by molar-refractivity contribution is 5.65. The molecule has 14 heavy (non-hydrogen) atoms. The summed E-state index contributed by atoms with van der Waals surface area (Å²) in [4.78, 5) is 4.19. The number of ether oxygens (including phenoxy) is 1. The highest BCUT2D eigenvalue weighted by atomic mass is 17.1. The van der Waals surface area contributed by atoms with Crippen LogP contribution < -0.4 is 0 Å². The molecule has 1 N–H and O–H groups in total. The molecule has 0 heterocycles. The van der Waals surface area contributed by atoms with E-state index in [1.165, 1.54) is 0 Å². The van der Waals surface area contributed by atoms with Gasteiger partial charge in [-0.05, 0) is 12.5 Å². The van der Waals surface area contributed by atoms with Gasteiger partial charge in [0, 0.05) is 12.2 Å². The van der Waals surface area contributed by atoms with Gasteiger partial charge in [-0.3, -0.25) is 0 Å². The average Bonchev–Trinajstić information content (AvgIpc) is 2.26. The van der Waals surface area contributed by atoms with Gasteiger partial charge < -0.3 is 4.74 Å². The normalized spacial score (nSPS) is 12.4. The number of benzene rings is 1. The topological polar surface area (TPSA) is 38.7 Å². The van der Waals surface area contributed by atoms with Crippen molar-refractivity contribution >= 4 is 5.57 Å². The van der Waals surface area contributed by atoms with Crippen molar-refractivity contribution in [3.63, 3.8) is 0 Å². The van der Waals surface area contributed by atoms with Gasteiger partial charge in [-0.15, -0.1) is 0 Å². The summed E-state index contributed by atoms with van der Waals surface area (Å²) in [5, 5.41) is 8.60. The second-order valence-electron chi connectivity index (χ2n) is 2.78. The molecular formula is C11H14O3. The maximum Gasteiger partial charge on any atom is 0.217 e. The lowest BCUT2D eigenvalue weighted by molar-refractivity contribution is -0.324. The molecule has 0 spiro atoms. The summed E-state index contributed by atoms with van der Waals surface area (Å²) in [6, 6.07) is 9.45. The van der Waals surface area contributed by atoms with Crippen molar-refractivity contribution in [2.24, 2.45) is 0 Å². The molecule has 3 heteroatoms. The Bertz CT molecular complexity index is 282. The van der Waals surface area contributed by atoms with Gasteiger partial charge in [-0.25, -0.2) is 10.1 Å². The lowest BCUT2D eigenvalue weighted by Crippen LogP contribution is -2.16. The van der Waals surface area contributed by atoms with E-state index in [1.54, 1.807) is 0 Å². The van der Waals surface area contributed by atoms with Crippen molar-refractivity contribution in [3.05, 3.63) is 42.5 Å². The fraction of sp³-hybridized carbons (Fsp3) is 0.273. The first-order chi connectivity index (χ1) is 6.79. The van der Waals surface area contributed by atoms with Crippen LogP contribution in [0.4, 0.5) is 0 Å². The summed E-state index contributed by atoms with van der Waals surface area (Å²) in [6.45, 7) is 6.08. The van der Waals surface area contributed by atoms with Crippen molar-refractivity contribution < 1.29 is 14.9 Å². The minimum Gasteiger partial charge on any atom is -0.346 e. The predicted molar refractivity (Wildman–Crippen MR) is 54.6 cm³/mol. The van der Waals surface area contributed by atoms with Crippen LogP contribution in [0.5, 0.6) is 0 Å². The SMILES string of the molecule is C=C(c1ccccc1)C(OO)OCC. The lowest BCUT2D eigenvalue weighted by atomic mass is 10.1. The maximum absolute atomic E-state index is 8.60. The summed E-state index contributed by atoms with van der Waals surface area (Å²) in [5.41, 5.74) is 1.50. The van der Waals surface area contributed by atoms with E-state index in [4.69, 9.17) is 9.99 Å². The fourth-order valence-electron chi connectivity index (χ4n) is 1.13. The van der Waals surface area contributed by atoms with Crippen molar-refractivity contribution in [2.45, 2.75) is 13.2 Å². The summed E-state index contributed by atoms with van der Waals surface area (Å²) < 4.78 is 5.14. The van der Waals surface area contributed by atoms with E-state index in [0.29, 0.717) is 12.2 Å². The second kappa shape index (κ2) is 5.54. The van der Waals surface area contributed by atoms with E-state index in [9.17, 15) is 0 Å². The highest BCUT2D eigenvalue weighted by Gasteiger charge is 2.14. The first-order valence-electron chi connectivity index (χ1n) is 4.45. The molecule has 0 fully saturated rings. The van der Waals surface area contributed by atoms with Crippen LogP contribution in [-0.4, -0.2) is 18.2 Å². The largest absolute Gasteiger partial charge is 0.346 e. The Morgan fingerprint density at radius 3 is 2.57 bits per heavy atom. The van der Waals surface area contributed by atoms with E-state index in [2.05, 4.69) is 11.5 Å². The van der Waals surface area contributed by atoms with Crippen molar-refractivity contribution in [3.8, 4) is 0 Å². The molecule has 0 saturated heterocycles. The van der Waals surface area contributed by atoms with Crippen LogP contribution in [0.15, 0.2) is 36.9 Å². The Hall–Kier alpha value is -1.16. The molecule has 0 amide bonds. The van der Waals surface area contributed by atoms with E-state index < -0.39 is 6.29 Å². The van der Waals surface area contributed by atoms with Gasteiger partial charge in [0.25, 0.3) is 0 Å². The second-order valence-corrected chi connectivity index (χ2v) is 2.78. The zero-order valence-corrected chi connectivity index (χ0v) is 8.14. The predicted octanol–water partition coefficient (Wildman–Crippen LogP) is 2.55. The fourth-order valence-corrected chi connectivity index (χ4v) is 1.13. The molecule has 1 unspecified atom stereocenters. The van der Waals surface area contributed by atoms with Crippen LogP contribution in [0, 0.1) is 0 Å². The molecule has 0 bridgehead atoms. The lowest BCUT2D eigenvalue weighted by Gasteiger charge is -2.15. The van der Waals surface area contributed by atoms with Crippen LogP contribution in [-0.2, 0) is 9.62 Å². The number of rotatable bonds is 5. The number of hydrogen-bond donors (Lipinski definition) is 1. The minimum atomic E-state index is -0.789. The number of hydrogen-bond acceptors (Lipinski definition) is 3. The third-order valence-electron chi connectivity index (χ3n) is 1.84. The van der Waals surface area contributed by atoms with Gasteiger partial charge in [0.15, 0.2) is 0 Å². The van der Waals surface area contributed by atoms with Gasteiger partial charge in [0.1, 0.15) is 0 Å². The van der Waals surface area contributed by atoms with E-state index >= 15 is 0 Å². The van der Waals surface area contributed by atoms with Crippen molar-refractivity contribution in [1.29, 1.82) is 0 Å². The van der Waals surface area contributed by atoms with Crippen molar-refractivity contribution in [1.82, 2.24) is 0 Å². The summed E-state index contributed by atoms with van der Waals surface area (Å²) >= 11 is 0. The molecule has 0 aliphatic carbocycles. The van der Waals surface area contributed by atoms with Gasteiger partial charge in [0.05, 0.1) is 0 Å². The molecular weight excluding hydrogens is 180 g/mol. The summed E-state index contributed by atoms with van der Waals surface area (Å²) in [6.07, 6.45) is -0.789. The summed E-state index contributed by atoms with van der Waals surface area (Å²) in [7, 11) is 0. The van der Waals surface area contributed by atoms with E-state index in [1.807, 2.05) is 37.3 Å². The summed E-state index contributed by atoms with van der Waals surface area (Å²) in [5.74, 6) is 0. The molecule has 1 rings (SSSR count). The standard InChI is InChI=1S/C11H14O3/c1-3-13-11(14-12)9(2)10-7-5-4-6-8-10/h4-8,11-12H,2-3H2,1H3. The first-order valence-corrected chi connectivity index (χ1v) is 4.45. The molecule has 0 saturated carbocycles. The van der Waals surface area contributed by atoms with Crippen LogP contribution in [0.2, 0.25) is 0 Å². The van der Waals surface area contributed by atoms with Gasteiger partial charge >= 0.3 is 0 Å². The van der Waals surface area contributed by atoms with Crippen LogP contribution in [0.3, 0.4) is 0 Å². The third kappa shape index (κ3) is 2.67. The Labute approximate surface area is 83.5 Å². The van der Waals surface area contributed by atoms with Gasteiger partial charge in [0.2, 0.25) is 6.29 Å². The molecule has 3 nitrogen and oxygen atoms in total. The van der Waals surface area contributed by atoms with E-state index in [0.717, 1.165) is 5.56 Å². The smallest absolute Gasteiger partial charge is 0.217 e. The molecule has 1 aromatic rings. The zero-order valence-electron chi connectivity index (χ0n) is 8.14. The molecule has 76 valence electrons. The van der Waals surface area contributed by atoms with Crippen molar-refractivity contribution in [2.75, 3.05) is 6.61 Å². The molecule has 1 atom stereocenters. The average molecular weight is 194 g/mol. The Morgan fingerprint density at radius 1 is 1.43 bits per heavy atom. The van der Waals surface area contributed by atoms with E-state index in [-0.39, 0.29) is 0 Å². The quantitative estimate of drug-likeness (QED) is 0.444. The molecule has 0 radical (unpaired) electrons. The molecule has 0 aliphatic rings. The Kier molecular flexibility index (Phi) is 4.32. The van der Waals surface area contributed by atoms with Crippen LogP contribution in [0.1, 0.15) is 12.5 Å². The first kappa shape index (κ1) is 10.9. The van der Waals surface area contributed by atoms with Gasteiger partial charge in [-0.2, -0.15) is 0 Å². The maximum atomic E-state index is 8.60. The van der Waals surface area contributed by atoms with Gasteiger partial charge in [-0.1, -0.05) is 36.9 Å². The molecule has 0 aliphatic heterocycles. The molecule has 1 aromatic carbocycles. The zero-order chi connectivity index (χ0) is 10.4. The Morgan fingerprint density at radius 2 is 2.07 bits per heavy atom.